The minimum atomic E-state index is -0.503. The lowest BCUT2D eigenvalue weighted by Gasteiger charge is -2.38. The Balaban J connectivity index is 2.41. The van der Waals surface area contributed by atoms with Crippen molar-refractivity contribution in [3.63, 3.8) is 0 Å². The largest absolute Gasteiger partial charge is 0.394 e. The summed E-state index contributed by atoms with van der Waals surface area (Å²) < 4.78 is 0. The minimum Gasteiger partial charge on any atom is -0.394 e. The number of aliphatic hydroxyl groups excluding tert-OH is 1. The summed E-state index contributed by atoms with van der Waals surface area (Å²) in [5.41, 5.74) is 5.20. The van der Waals surface area contributed by atoms with E-state index in [0.717, 1.165) is 19.3 Å². The Hall–Kier alpha value is -0.610. The van der Waals surface area contributed by atoms with Gasteiger partial charge in [-0.3, -0.25) is 4.79 Å². The molecule has 1 saturated carbocycles. The van der Waals surface area contributed by atoms with Gasteiger partial charge in [0.1, 0.15) is 0 Å². The van der Waals surface area contributed by atoms with Gasteiger partial charge in [-0.25, -0.2) is 0 Å². The van der Waals surface area contributed by atoms with E-state index in [1.807, 2.05) is 13.8 Å². The highest BCUT2D eigenvalue weighted by atomic mass is 16.3. The maximum absolute atomic E-state index is 11.7. The Morgan fingerprint density at radius 2 is 2.20 bits per heavy atom. The summed E-state index contributed by atoms with van der Waals surface area (Å²) >= 11 is 0. The van der Waals surface area contributed by atoms with Gasteiger partial charge in [0.05, 0.1) is 12.1 Å². The van der Waals surface area contributed by atoms with Crippen LogP contribution in [0, 0.1) is 0 Å². The molecule has 0 bridgehead atoms. The van der Waals surface area contributed by atoms with Crippen LogP contribution in [0.1, 0.15) is 46.0 Å². The molecule has 0 heterocycles. The van der Waals surface area contributed by atoms with Crippen LogP contribution in [0.3, 0.4) is 0 Å². The van der Waals surface area contributed by atoms with E-state index in [4.69, 9.17) is 10.8 Å². The molecule has 0 aromatic carbocycles. The Morgan fingerprint density at radius 1 is 1.60 bits per heavy atom. The molecular weight excluding hydrogens is 192 g/mol. The fourth-order valence-electron chi connectivity index (χ4n) is 1.75. The normalized spacial score (nSPS) is 22.7. The van der Waals surface area contributed by atoms with Gasteiger partial charge < -0.3 is 16.2 Å². The first-order valence-corrected chi connectivity index (χ1v) is 5.64. The number of aliphatic hydroxyl groups is 1. The van der Waals surface area contributed by atoms with Crippen molar-refractivity contribution in [3.05, 3.63) is 0 Å². The fraction of sp³-hybridized carbons (Fsp3) is 0.909. The van der Waals surface area contributed by atoms with E-state index < -0.39 is 5.54 Å². The van der Waals surface area contributed by atoms with Crippen molar-refractivity contribution in [1.82, 2.24) is 5.32 Å². The highest BCUT2D eigenvalue weighted by molar-refractivity contribution is 5.78. The summed E-state index contributed by atoms with van der Waals surface area (Å²) in [6.07, 6.45) is 4.08. The number of nitrogens with one attached hydrogen (secondary N) is 1. The molecule has 1 rings (SSSR count). The number of carbonyl (C=O) groups excluding carboxylic acids is 1. The van der Waals surface area contributed by atoms with Gasteiger partial charge in [-0.1, -0.05) is 6.92 Å². The van der Waals surface area contributed by atoms with Crippen LogP contribution in [0.4, 0.5) is 0 Å². The molecule has 1 amide bonds. The van der Waals surface area contributed by atoms with Gasteiger partial charge in [-0.15, -0.1) is 0 Å². The molecule has 1 fully saturated rings. The van der Waals surface area contributed by atoms with Crippen LogP contribution < -0.4 is 11.1 Å². The molecule has 0 aromatic heterocycles. The van der Waals surface area contributed by atoms with Gasteiger partial charge in [0.25, 0.3) is 0 Å². The minimum absolute atomic E-state index is 0.0349. The van der Waals surface area contributed by atoms with Crippen molar-refractivity contribution in [2.45, 2.75) is 57.0 Å². The number of hydrogen-bond acceptors (Lipinski definition) is 3. The molecule has 4 heteroatoms. The summed E-state index contributed by atoms with van der Waals surface area (Å²) in [5, 5.41) is 12.0. The van der Waals surface area contributed by atoms with Crippen molar-refractivity contribution in [1.29, 1.82) is 0 Å². The topological polar surface area (TPSA) is 75.3 Å². The van der Waals surface area contributed by atoms with E-state index in [9.17, 15) is 4.79 Å². The van der Waals surface area contributed by atoms with E-state index in [0.29, 0.717) is 12.8 Å². The number of hydrogen-bond donors (Lipinski definition) is 3. The summed E-state index contributed by atoms with van der Waals surface area (Å²) in [6.45, 7) is 3.75. The average molecular weight is 214 g/mol. The second-order valence-corrected chi connectivity index (χ2v) is 5.01. The maximum Gasteiger partial charge on any atom is 0.222 e. The summed E-state index contributed by atoms with van der Waals surface area (Å²) in [6, 6.07) is 0. The Kier molecular flexibility index (Phi) is 3.73. The third kappa shape index (κ3) is 3.18. The van der Waals surface area contributed by atoms with E-state index in [2.05, 4.69) is 5.32 Å². The van der Waals surface area contributed by atoms with Crippen LogP contribution in [0.5, 0.6) is 0 Å². The molecule has 0 radical (unpaired) electrons. The third-order valence-corrected chi connectivity index (χ3v) is 3.43. The molecule has 15 heavy (non-hydrogen) atoms. The number of amides is 1. The van der Waals surface area contributed by atoms with Crippen LogP contribution >= 0.6 is 0 Å². The van der Waals surface area contributed by atoms with Crippen molar-refractivity contribution < 1.29 is 9.90 Å². The van der Waals surface area contributed by atoms with E-state index in [1.165, 1.54) is 0 Å². The number of carbonyl (C=O) groups is 1. The molecule has 0 aromatic rings. The van der Waals surface area contributed by atoms with Crippen molar-refractivity contribution in [2.75, 3.05) is 6.61 Å². The van der Waals surface area contributed by atoms with Gasteiger partial charge in [0, 0.05) is 12.0 Å². The maximum atomic E-state index is 11.7. The molecule has 1 atom stereocenters. The zero-order valence-electron chi connectivity index (χ0n) is 9.68. The van der Waals surface area contributed by atoms with Crippen LogP contribution in [0.2, 0.25) is 0 Å². The van der Waals surface area contributed by atoms with Crippen molar-refractivity contribution in [3.8, 4) is 0 Å². The zero-order valence-corrected chi connectivity index (χ0v) is 9.68. The standard InChI is InChI=1S/C11H22N2O2/c1-3-10(2,8-14)13-9(15)7-11(12)5-4-6-11/h14H,3-8,12H2,1-2H3,(H,13,15). The molecule has 0 aliphatic heterocycles. The first-order chi connectivity index (χ1) is 6.93. The first kappa shape index (κ1) is 12.5. The molecular formula is C11H22N2O2. The summed E-state index contributed by atoms with van der Waals surface area (Å²) in [7, 11) is 0. The van der Waals surface area contributed by atoms with Gasteiger partial charge >= 0.3 is 0 Å². The Labute approximate surface area is 91.2 Å². The predicted octanol–water partition coefficient (Wildman–Crippen LogP) is 0.535. The van der Waals surface area contributed by atoms with Crippen LogP contribution in [-0.4, -0.2) is 28.7 Å². The summed E-state index contributed by atoms with van der Waals surface area (Å²) in [4.78, 5) is 11.7. The molecule has 0 spiro atoms. The van der Waals surface area contributed by atoms with Crippen molar-refractivity contribution in [2.24, 2.45) is 5.73 Å². The lowest BCUT2D eigenvalue weighted by atomic mass is 9.75. The molecule has 4 nitrogen and oxygen atoms in total. The predicted molar refractivity (Wildman–Crippen MR) is 59.3 cm³/mol. The quantitative estimate of drug-likeness (QED) is 0.625. The van der Waals surface area contributed by atoms with E-state index in [-0.39, 0.29) is 18.1 Å². The lowest BCUT2D eigenvalue weighted by molar-refractivity contribution is -0.125. The second-order valence-electron chi connectivity index (χ2n) is 5.01. The SMILES string of the molecule is CCC(C)(CO)NC(=O)CC1(N)CCC1. The monoisotopic (exact) mass is 214 g/mol. The first-order valence-electron chi connectivity index (χ1n) is 5.64. The lowest BCUT2D eigenvalue weighted by Crippen LogP contribution is -2.54. The molecule has 1 aliphatic rings. The van der Waals surface area contributed by atoms with Crippen LogP contribution in [0.15, 0.2) is 0 Å². The van der Waals surface area contributed by atoms with Crippen molar-refractivity contribution >= 4 is 5.91 Å². The molecule has 1 unspecified atom stereocenters. The van der Waals surface area contributed by atoms with Crippen LogP contribution in [-0.2, 0) is 4.79 Å². The molecule has 88 valence electrons. The average Bonchev–Trinajstić information content (AvgIpc) is 2.15. The zero-order chi connectivity index (χ0) is 11.5. The number of rotatable bonds is 5. The Bertz CT molecular complexity index is 233. The highest BCUT2D eigenvalue weighted by Gasteiger charge is 2.36. The highest BCUT2D eigenvalue weighted by Crippen LogP contribution is 2.32. The molecule has 4 N–H and O–H groups in total. The molecule has 1 aliphatic carbocycles. The smallest absolute Gasteiger partial charge is 0.222 e. The van der Waals surface area contributed by atoms with Gasteiger partial charge in [-0.2, -0.15) is 0 Å². The van der Waals surface area contributed by atoms with E-state index >= 15 is 0 Å². The fourth-order valence-corrected chi connectivity index (χ4v) is 1.75. The van der Waals surface area contributed by atoms with Gasteiger partial charge in [0.15, 0.2) is 0 Å². The van der Waals surface area contributed by atoms with E-state index in [1.54, 1.807) is 0 Å². The molecule has 0 saturated heterocycles. The van der Waals surface area contributed by atoms with Gasteiger partial charge in [-0.05, 0) is 32.6 Å². The Morgan fingerprint density at radius 3 is 2.53 bits per heavy atom. The second kappa shape index (κ2) is 4.49. The van der Waals surface area contributed by atoms with Gasteiger partial charge in [0.2, 0.25) is 5.91 Å². The summed E-state index contributed by atoms with van der Waals surface area (Å²) in [5.74, 6) is -0.0457. The number of nitrogens with two attached hydrogens (primary N) is 1. The van der Waals surface area contributed by atoms with Crippen LogP contribution in [0.25, 0.3) is 0 Å². The third-order valence-electron chi connectivity index (χ3n) is 3.43.